The van der Waals surface area contributed by atoms with E-state index < -0.39 is 0 Å². The smallest absolute Gasteiger partial charge is 0.0329 e. The second-order valence-corrected chi connectivity index (χ2v) is 8.10. The van der Waals surface area contributed by atoms with Gasteiger partial charge in [0, 0.05) is 0 Å². The van der Waals surface area contributed by atoms with Gasteiger partial charge in [-0.1, -0.05) is 71.6 Å². The highest BCUT2D eigenvalue weighted by Gasteiger charge is 2.42. The van der Waals surface area contributed by atoms with Crippen LogP contribution in [0.25, 0.3) is 0 Å². The van der Waals surface area contributed by atoms with E-state index in [-0.39, 0.29) is 0 Å². The number of hydrogen-bond donors (Lipinski definition) is 0. The van der Waals surface area contributed by atoms with Crippen LogP contribution in [0.2, 0.25) is 0 Å². The average molecular weight is 262 g/mol. The first-order chi connectivity index (χ1) is 9.27. The van der Waals surface area contributed by atoms with Crippen LogP contribution in [0.4, 0.5) is 0 Å². The Morgan fingerprint density at radius 2 is 1.42 bits per heavy atom. The first-order valence-corrected chi connectivity index (χ1v) is 9.27. The summed E-state index contributed by atoms with van der Waals surface area (Å²) in [7, 11) is 0. The summed E-state index contributed by atoms with van der Waals surface area (Å²) in [4.78, 5) is 0. The molecule has 110 valence electrons. The van der Waals surface area contributed by atoms with Gasteiger partial charge in [-0.15, -0.1) is 0 Å². The van der Waals surface area contributed by atoms with Crippen molar-refractivity contribution in [3.05, 3.63) is 0 Å². The van der Waals surface area contributed by atoms with E-state index in [1.165, 1.54) is 38.5 Å². The van der Waals surface area contributed by atoms with Crippen LogP contribution in [0, 0.1) is 35.5 Å². The fourth-order valence-electron chi connectivity index (χ4n) is 6.08. The molecule has 0 aromatic heterocycles. The van der Waals surface area contributed by atoms with Gasteiger partial charge in [-0.25, -0.2) is 0 Å². The summed E-state index contributed by atoms with van der Waals surface area (Å²) in [6.45, 7) is 5.21. The van der Waals surface area contributed by atoms with Gasteiger partial charge >= 0.3 is 0 Å². The summed E-state index contributed by atoms with van der Waals surface area (Å²) in [5.41, 5.74) is 0. The lowest BCUT2D eigenvalue weighted by Crippen LogP contribution is -2.41. The zero-order valence-electron chi connectivity index (χ0n) is 13.2. The van der Waals surface area contributed by atoms with E-state index >= 15 is 0 Å². The first kappa shape index (κ1) is 14.0. The van der Waals surface area contributed by atoms with Crippen molar-refractivity contribution in [3.63, 3.8) is 0 Å². The SMILES string of the molecule is CC1CCC2CCCCC2C1C(C)C1CCCCC1. The molecule has 5 unspecified atom stereocenters. The lowest BCUT2D eigenvalue weighted by Gasteiger charge is -2.49. The van der Waals surface area contributed by atoms with E-state index in [0.29, 0.717) is 0 Å². The second-order valence-electron chi connectivity index (χ2n) is 8.10. The van der Waals surface area contributed by atoms with Gasteiger partial charge in [0.2, 0.25) is 0 Å². The molecule has 0 radical (unpaired) electrons. The third-order valence-corrected chi connectivity index (χ3v) is 7.11. The van der Waals surface area contributed by atoms with E-state index in [0.717, 1.165) is 35.5 Å². The van der Waals surface area contributed by atoms with Crippen molar-refractivity contribution in [3.8, 4) is 0 Å². The molecule has 0 nitrogen and oxygen atoms in total. The van der Waals surface area contributed by atoms with Gasteiger partial charge in [0.25, 0.3) is 0 Å². The average Bonchev–Trinajstić information content (AvgIpc) is 2.47. The Labute approximate surface area is 120 Å². The molecule has 3 rings (SSSR count). The van der Waals surface area contributed by atoms with Gasteiger partial charge in [0.1, 0.15) is 0 Å². The molecule has 0 spiro atoms. The largest absolute Gasteiger partial charge is 0.0622 e. The Morgan fingerprint density at radius 1 is 0.737 bits per heavy atom. The number of rotatable bonds is 2. The Morgan fingerprint density at radius 3 is 2.21 bits per heavy atom. The van der Waals surface area contributed by atoms with Gasteiger partial charge in [-0.05, 0) is 48.3 Å². The van der Waals surface area contributed by atoms with Crippen molar-refractivity contribution < 1.29 is 0 Å². The minimum Gasteiger partial charge on any atom is -0.0622 e. The molecule has 0 heteroatoms. The molecular weight excluding hydrogens is 228 g/mol. The lowest BCUT2D eigenvalue weighted by molar-refractivity contribution is 0.00313. The van der Waals surface area contributed by atoms with Crippen molar-refractivity contribution in [2.24, 2.45) is 35.5 Å². The Balaban J connectivity index is 1.71. The van der Waals surface area contributed by atoms with Crippen LogP contribution in [-0.4, -0.2) is 0 Å². The van der Waals surface area contributed by atoms with Crippen LogP contribution in [0.15, 0.2) is 0 Å². The summed E-state index contributed by atoms with van der Waals surface area (Å²) in [6.07, 6.45) is 16.9. The van der Waals surface area contributed by atoms with E-state index in [9.17, 15) is 0 Å². The summed E-state index contributed by atoms with van der Waals surface area (Å²) in [6, 6.07) is 0. The third kappa shape index (κ3) is 2.88. The molecule has 0 saturated heterocycles. The third-order valence-electron chi connectivity index (χ3n) is 7.11. The van der Waals surface area contributed by atoms with Crippen molar-refractivity contribution in [1.29, 1.82) is 0 Å². The molecule has 0 heterocycles. The number of fused-ring (bicyclic) bond motifs is 1. The van der Waals surface area contributed by atoms with Crippen LogP contribution < -0.4 is 0 Å². The molecule has 5 atom stereocenters. The highest BCUT2D eigenvalue weighted by molar-refractivity contribution is 4.92. The molecule has 0 amide bonds. The van der Waals surface area contributed by atoms with E-state index in [2.05, 4.69) is 13.8 Å². The maximum absolute atomic E-state index is 2.63. The van der Waals surface area contributed by atoms with E-state index in [1.807, 2.05) is 0 Å². The Hall–Kier alpha value is 0. The van der Waals surface area contributed by atoms with E-state index in [1.54, 1.807) is 32.1 Å². The quantitative estimate of drug-likeness (QED) is 0.568. The molecule has 3 aliphatic rings. The van der Waals surface area contributed by atoms with Gasteiger partial charge < -0.3 is 0 Å². The van der Waals surface area contributed by atoms with Crippen molar-refractivity contribution >= 4 is 0 Å². The maximum atomic E-state index is 2.63. The molecule has 3 saturated carbocycles. The van der Waals surface area contributed by atoms with Crippen LogP contribution in [0.5, 0.6) is 0 Å². The first-order valence-electron chi connectivity index (χ1n) is 9.27. The highest BCUT2D eigenvalue weighted by Crippen LogP contribution is 2.51. The van der Waals surface area contributed by atoms with Crippen LogP contribution >= 0.6 is 0 Å². The molecule has 0 aromatic carbocycles. The van der Waals surface area contributed by atoms with Crippen molar-refractivity contribution in [2.75, 3.05) is 0 Å². The van der Waals surface area contributed by atoms with Gasteiger partial charge in [-0.3, -0.25) is 0 Å². The van der Waals surface area contributed by atoms with Crippen LogP contribution in [0.3, 0.4) is 0 Å². The zero-order chi connectivity index (χ0) is 13.2. The molecule has 0 bridgehead atoms. The van der Waals surface area contributed by atoms with Crippen molar-refractivity contribution in [2.45, 2.75) is 84.5 Å². The fourth-order valence-corrected chi connectivity index (χ4v) is 6.08. The molecule has 3 fully saturated rings. The van der Waals surface area contributed by atoms with Crippen LogP contribution in [-0.2, 0) is 0 Å². The minimum absolute atomic E-state index is 1.01. The Kier molecular flexibility index (Phi) is 4.54. The molecule has 0 N–H and O–H groups in total. The normalized spacial score (nSPS) is 42.6. The highest BCUT2D eigenvalue weighted by atomic mass is 14.5. The predicted molar refractivity (Wildman–Crippen MR) is 83.1 cm³/mol. The standard InChI is InChI=1S/C19H34/c1-14-12-13-17-10-6-7-11-18(17)19(14)15(2)16-8-4-3-5-9-16/h14-19H,3-13H2,1-2H3. The summed E-state index contributed by atoms with van der Waals surface area (Å²) in [5, 5.41) is 0. The zero-order valence-corrected chi connectivity index (χ0v) is 13.2. The summed E-state index contributed by atoms with van der Waals surface area (Å²) < 4.78 is 0. The second kappa shape index (κ2) is 6.19. The van der Waals surface area contributed by atoms with Gasteiger partial charge in [0.05, 0.1) is 0 Å². The molecule has 3 aliphatic carbocycles. The minimum atomic E-state index is 1.01. The summed E-state index contributed by atoms with van der Waals surface area (Å²) in [5.74, 6) is 6.39. The lowest BCUT2D eigenvalue weighted by atomic mass is 9.56. The fraction of sp³-hybridized carbons (Fsp3) is 1.00. The Bertz CT molecular complexity index is 276. The molecule has 0 aliphatic heterocycles. The number of hydrogen-bond acceptors (Lipinski definition) is 0. The topological polar surface area (TPSA) is 0 Å². The molecule has 19 heavy (non-hydrogen) atoms. The van der Waals surface area contributed by atoms with Crippen LogP contribution in [0.1, 0.15) is 84.5 Å². The van der Waals surface area contributed by atoms with Gasteiger partial charge in [0.15, 0.2) is 0 Å². The summed E-state index contributed by atoms with van der Waals surface area (Å²) >= 11 is 0. The molecular formula is C19H34. The van der Waals surface area contributed by atoms with Gasteiger partial charge in [-0.2, -0.15) is 0 Å². The predicted octanol–water partition coefficient (Wildman–Crippen LogP) is 6.06. The van der Waals surface area contributed by atoms with E-state index in [4.69, 9.17) is 0 Å². The van der Waals surface area contributed by atoms with Crippen molar-refractivity contribution in [1.82, 2.24) is 0 Å². The maximum Gasteiger partial charge on any atom is -0.0329 e. The monoisotopic (exact) mass is 262 g/mol. The molecule has 0 aromatic rings.